The smallest absolute Gasteiger partial charge is 0.332 e. The summed E-state index contributed by atoms with van der Waals surface area (Å²) in [6.07, 6.45) is 1.39. The molecule has 0 unspecified atom stereocenters. The third-order valence-electron chi connectivity index (χ3n) is 4.69. The van der Waals surface area contributed by atoms with E-state index in [1.807, 2.05) is 6.07 Å². The fourth-order valence-corrected chi connectivity index (χ4v) is 3.25. The first-order valence-electron chi connectivity index (χ1n) is 8.80. The van der Waals surface area contributed by atoms with Crippen LogP contribution < -0.4 is 16.6 Å². The van der Waals surface area contributed by atoms with Crippen LogP contribution >= 0.6 is 0 Å². The highest BCUT2D eigenvalue weighted by atomic mass is 16.5. The summed E-state index contributed by atoms with van der Waals surface area (Å²) in [6, 6.07) is 9.64. The maximum Gasteiger partial charge on any atom is 0.332 e. The zero-order chi connectivity index (χ0) is 20.7. The van der Waals surface area contributed by atoms with Crippen molar-refractivity contribution in [1.82, 2.24) is 23.8 Å². The number of carbonyl (C=O) groups excluding carboxylic acids is 1. The van der Waals surface area contributed by atoms with Gasteiger partial charge >= 0.3 is 5.69 Å². The summed E-state index contributed by atoms with van der Waals surface area (Å²) in [6.45, 7) is 1.71. The minimum atomic E-state index is -0.914. The number of carbonyl (C=O) groups is 1. The molecule has 10 nitrogen and oxygen atoms in total. The Balaban J connectivity index is 1.92. The van der Waals surface area contributed by atoms with E-state index in [9.17, 15) is 14.4 Å². The molecule has 10 heteroatoms. The van der Waals surface area contributed by atoms with Gasteiger partial charge in [0.25, 0.3) is 11.5 Å². The number of hydrogen-bond acceptors (Lipinski definition) is 6. The number of amides is 1. The molecule has 29 heavy (non-hydrogen) atoms. The molecule has 0 aliphatic carbocycles. The van der Waals surface area contributed by atoms with Crippen LogP contribution in [0.4, 0.5) is 5.82 Å². The molecular formula is C19H18N6O4. The van der Waals surface area contributed by atoms with Gasteiger partial charge in [0.15, 0.2) is 17.0 Å². The van der Waals surface area contributed by atoms with Crippen LogP contribution in [0.25, 0.3) is 11.2 Å². The molecule has 4 rings (SSSR count). The third kappa shape index (κ3) is 3.04. The van der Waals surface area contributed by atoms with E-state index in [2.05, 4.69) is 15.5 Å². The number of anilines is 1. The van der Waals surface area contributed by atoms with Crippen LogP contribution in [0, 0.1) is 6.92 Å². The molecule has 0 fully saturated rings. The molecule has 1 N–H and O–H groups in total. The van der Waals surface area contributed by atoms with E-state index in [0.717, 1.165) is 4.57 Å². The number of rotatable bonds is 4. The predicted molar refractivity (Wildman–Crippen MR) is 105 cm³/mol. The normalized spacial score (nSPS) is 12.2. The Morgan fingerprint density at radius 1 is 1.14 bits per heavy atom. The van der Waals surface area contributed by atoms with Crippen LogP contribution in [0.3, 0.4) is 0 Å². The zero-order valence-corrected chi connectivity index (χ0v) is 16.0. The maximum atomic E-state index is 13.2. The average Bonchev–Trinajstić information content (AvgIpc) is 3.32. The minimum Gasteiger partial charge on any atom is -0.360 e. The van der Waals surface area contributed by atoms with Gasteiger partial charge in [-0.3, -0.25) is 18.7 Å². The van der Waals surface area contributed by atoms with Crippen molar-refractivity contribution in [2.45, 2.75) is 13.0 Å². The quantitative estimate of drug-likeness (QED) is 0.551. The fraction of sp³-hybridized carbons (Fsp3) is 0.211. The third-order valence-corrected chi connectivity index (χ3v) is 4.69. The Morgan fingerprint density at radius 2 is 1.86 bits per heavy atom. The van der Waals surface area contributed by atoms with Crippen molar-refractivity contribution in [2.24, 2.45) is 14.1 Å². The van der Waals surface area contributed by atoms with Crippen LogP contribution in [0.15, 0.2) is 56.8 Å². The number of fused-ring (bicyclic) bond motifs is 1. The van der Waals surface area contributed by atoms with Gasteiger partial charge < -0.3 is 14.4 Å². The molecule has 1 aromatic carbocycles. The standard InChI is InChI=1S/C19H18N6O4/c1-11-9-13(22-29-11)21-17(26)14(12-7-5-4-6-8-12)25-10-20-16-15(25)18(27)24(3)19(28)23(16)2/h4-10,14H,1-3H3,(H,21,22,26)/t14-/m1/s1. The lowest BCUT2D eigenvalue weighted by atomic mass is 10.1. The van der Waals surface area contributed by atoms with Gasteiger partial charge in [-0.25, -0.2) is 9.78 Å². The molecule has 148 valence electrons. The van der Waals surface area contributed by atoms with Gasteiger partial charge in [-0.15, -0.1) is 0 Å². The Morgan fingerprint density at radius 3 is 2.52 bits per heavy atom. The van der Waals surface area contributed by atoms with Crippen molar-refractivity contribution in [1.29, 1.82) is 0 Å². The summed E-state index contributed by atoms with van der Waals surface area (Å²) in [4.78, 5) is 42.5. The highest BCUT2D eigenvalue weighted by molar-refractivity contribution is 5.96. The number of imidazole rings is 1. The number of benzene rings is 1. The highest BCUT2D eigenvalue weighted by Gasteiger charge is 2.27. The lowest BCUT2D eigenvalue weighted by molar-refractivity contribution is -0.118. The van der Waals surface area contributed by atoms with Crippen LogP contribution in [0.1, 0.15) is 17.4 Å². The number of aryl methyl sites for hydroxylation is 2. The Bertz CT molecular complexity index is 1330. The first-order valence-corrected chi connectivity index (χ1v) is 8.80. The molecule has 0 saturated heterocycles. The van der Waals surface area contributed by atoms with E-state index < -0.39 is 23.2 Å². The minimum absolute atomic E-state index is 0.148. The summed E-state index contributed by atoms with van der Waals surface area (Å²) in [5, 5.41) is 6.49. The van der Waals surface area contributed by atoms with Gasteiger partial charge in [-0.1, -0.05) is 35.5 Å². The highest BCUT2D eigenvalue weighted by Crippen LogP contribution is 2.23. The first kappa shape index (κ1) is 18.4. The van der Waals surface area contributed by atoms with Crippen LogP contribution in [0.2, 0.25) is 0 Å². The molecule has 0 radical (unpaired) electrons. The number of aromatic nitrogens is 5. The van der Waals surface area contributed by atoms with E-state index in [1.165, 1.54) is 29.6 Å². The summed E-state index contributed by atoms with van der Waals surface area (Å²) in [5.41, 5.74) is -0.0439. The molecule has 4 aromatic rings. The molecular weight excluding hydrogens is 376 g/mol. The molecule has 1 atom stereocenters. The Hall–Kier alpha value is -3.95. The van der Waals surface area contributed by atoms with Gasteiger partial charge in [0.1, 0.15) is 11.8 Å². The van der Waals surface area contributed by atoms with Crippen LogP contribution in [0.5, 0.6) is 0 Å². The molecule has 0 aliphatic heterocycles. The van der Waals surface area contributed by atoms with Crippen molar-refractivity contribution in [3.63, 3.8) is 0 Å². The SMILES string of the molecule is Cc1cc(NC(=O)[C@@H](c2ccccc2)n2cnc3c2c(=O)n(C)c(=O)n3C)no1. The molecule has 0 spiro atoms. The average molecular weight is 394 g/mol. The van der Waals surface area contributed by atoms with Crippen molar-refractivity contribution in [2.75, 3.05) is 5.32 Å². The Labute approximate surface area is 164 Å². The van der Waals surface area contributed by atoms with E-state index in [-0.39, 0.29) is 17.0 Å². The van der Waals surface area contributed by atoms with E-state index in [0.29, 0.717) is 11.3 Å². The second-order valence-corrected chi connectivity index (χ2v) is 6.66. The van der Waals surface area contributed by atoms with Crippen LogP contribution in [-0.2, 0) is 18.9 Å². The zero-order valence-electron chi connectivity index (χ0n) is 16.0. The van der Waals surface area contributed by atoms with E-state index in [1.54, 1.807) is 37.3 Å². The topological polar surface area (TPSA) is 117 Å². The van der Waals surface area contributed by atoms with E-state index in [4.69, 9.17) is 4.52 Å². The summed E-state index contributed by atoms with van der Waals surface area (Å²) in [7, 11) is 2.91. The molecule has 0 aliphatic rings. The molecule has 0 bridgehead atoms. The monoisotopic (exact) mass is 394 g/mol. The van der Waals surface area contributed by atoms with Crippen molar-refractivity contribution in [3.8, 4) is 0 Å². The molecule has 1 amide bonds. The van der Waals surface area contributed by atoms with Gasteiger partial charge in [0.2, 0.25) is 0 Å². The molecule has 3 heterocycles. The van der Waals surface area contributed by atoms with Gasteiger partial charge in [-0.2, -0.15) is 0 Å². The van der Waals surface area contributed by atoms with Gasteiger partial charge in [0.05, 0.1) is 6.33 Å². The van der Waals surface area contributed by atoms with Crippen molar-refractivity contribution in [3.05, 3.63) is 74.9 Å². The van der Waals surface area contributed by atoms with E-state index >= 15 is 0 Å². The predicted octanol–water partition coefficient (Wildman–Crippen LogP) is 0.958. The Kier molecular flexibility index (Phi) is 4.38. The summed E-state index contributed by atoms with van der Waals surface area (Å²) in [5.74, 6) is 0.381. The van der Waals surface area contributed by atoms with Gasteiger partial charge in [-0.05, 0) is 12.5 Å². The van der Waals surface area contributed by atoms with Crippen molar-refractivity contribution < 1.29 is 9.32 Å². The lowest BCUT2D eigenvalue weighted by Gasteiger charge is -2.19. The first-order chi connectivity index (χ1) is 13.9. The van der Waals surface area contributed by atoms with Gasteiger partial charge in [0, 0.05) is 20.2 Å². The maximum absolute atomic E-state index is 13.2. The lowest BCUT2D eigenvalue weighted by Crippen LogP contribution is -2.38. The van der Waals surface area contributed by atoms with Crippen molar-refractivity contribution >= 4 is 22.9 Å². The second-order valence-electron chi connectivity index (χ2n) is 6.66. The van der Waals surface area contributed by atoms with Crippen LogP contribution in [-0.4, -0.2) is 29.7 Å². The second kappa shape index (κ2) is 6.89. The number of hydrogen-bond donors (Lipinski definition) is 1. The number of nitrogens with one attached hydrogen (secondary N) is 1. The summed E-state index contributed by atoms with van der Waals surface area (Å²) >= 11 is 0. The summed E-state index contributed by atoms with van der Waals surface area (Å²) < 4.78 is 8.73. The molecule has 3 aromatic heterocycles. The molecule has 0 saturated carbocycles. The largest absolute Gasteiger partial charge is 0.360 e. The number of nitrogens with zero attached hydrogens (tertiary/aromatic N) is 5. The fourth-order valence-electron chi connectivity index (χ4n) is 3.25.